The van der Waals surface area contributed by atoms with Crippen LogP contribution in [-0.4, -0.2) is 14.7 Å². The lowest BCUT2D eigenvalue weighted by Gasteiger charge is -2.06. The minimum atomic E-state index is -3.47. The maximum Gasteiger partial charge on any atom is 0.185 e. The van der Waals surface area contributed by atoms with Gasteiger partial charge < -0.3 is 5.73 Å². The van der Waals surface area contributed by atoms with Gasteiger partial charge in [0.05, 0.1) is 5.56 Å². The molecule has 120 valence electrons. The molecule has 4 nitrogen and oxygen atoms in total. The van der Waals surface area contributed by atoms with E-state index in [-0.39, 0.29) is 14.8 Å². The molecule has 0 fully saturated rings. The lowest BCUT2D eigenvalue weighted by Crippen LogP contribution is -1.96. The third-order valence-corrected chi connectivity index (χ3v) is 6.48. The monoisotopic (exact) mass is 354 g/mol. The number of anilines is 1. The highest BCUT2D eigenvalue weighted by Crippen LogP contribution is 2.41. The quantitative estimate of drug-likeness (QED) is 0.772. The van der Waals surface area contributed by atoms with Crippen LogP contribution in [0.3, 0.4) is 0 Å². The van der Waals surface area contributed by atoms with Crippen LogP contribution in [0.25, 0.3) is 22.3 Å². The van der Waals surface area contributed by atoms with Gasteiger partial charge in [0.25, 0.3) is 0 Å². The molecule has 0 saturated carbocycles. The summed E-state index contributed by atoms with van der Waals surface area (Å²) in [5.41, 5.74) is 9.20. The van der Waals surface area contributed by atoms with Crippen LogP contribution in [0, 0.1) is 11.3 Å². The van der Waals surface area contributed by atoms with Gasteiger partial charge in [-0.05, 0) is 16.7 Å². The van der Waals surface area contributed by atoms with Crippen LogP contribution in [0.15, 0.2) is 58.8 Å². The molecule has 0 atom stereocenters. The van der Waals surface area contributed by atoms with Gasteiger partial charge in [0, 0.05) is 11.8 Å². The average molecular weight is 354 g/mol. The van der Waals surface area contributed by atoms with E-state index in [1.807, 2.05) is 60.7 Å². The summed E-state index contributed by atoms with van der Waals surface area (Å²) in [5.74, 6) is 0. The number of rotatable bonds is 3. The number of nitrogens with two attached hydrogens (primary N) is 1. The van der Waals surface area contributed by atoms with Crippen molar-refractivity contribution in [2.75, 3.05) is 12.0 Å². The Morgan fingerprint density at radius 1 is 0.958 bits per heavy atom. The molecule has 2 aromatic carbocycles. The second-order valence-corrected chi connectivity index (χ2v) is 8.59. The van der Waals surface area contributed by atoms with Crippen molar-refractivity contribution in [2.45, 2.75) is 4.21 Å². The molecule has 0 saturated heterocycles. The molecule has 0 amide bonds. The Kier molecular flexibility index (Phi) is 4.14. The van der Waals surface area contributed by atoms with Gasteiger partial charge in [0.2, 0.25) is 0 Å². The molecule has 6 heteroatoms. The number of hydrogen-bond acceptors (Lipinski definition) is 5. The van der Waals surface area contributed by atoms with E-state index in [4.69, 9.17) is 5.73 Å². The first-order chi connectivity index (χ1) is 11.4. The van der Waals surface area contributed by atoms with E-state index in [0.29, 0.717) is 11.1 Å². The molecule has 3 aromatic rings. The molecular weight excluding hydrogens is 340 g/mol. The Labute approximate surface area is 144 Å². The average Bonchev–Trinajstić information content (AvgIpc) is 2.92. The van der Waals surface area contributed by atoms with E-state index in [1.54, 1.807) is 0 Å². The van der Waals surface area contributed by atoms with Crippen LogP contribution < -0.4 is 5.73 Å². The first-order valence-corrected chi connectivity index (χ1v) is 9.81. The molecule has 0 unspecified atom stereocenters. The largest absolute Gasteiger partial charge is 0.389 e. The van der Waals surface area contributed by atoms with Crippen molar-refractivity contribution in [3.8, 4) is 28.3 Å². The van der Waals surface area contributed by atoms with Crippen LogP contribution in [0.2, 0.25) is 0 Å². The summed E-state index contributed by atoms with van der Waals surface area (Å²) in [4.78, 5) is 0. The molecule has 3 rings (SSSR count). The summed E-state index contributed by atoms with van der Waals surface area (Å²) in [6.45, 7) is 0. The third-order valence-electron chi connectivity index (χ3n) is 3.63. The van der Waals surface area contributed by atoms with Crippen molar-refractivity contribution >= 4 is 26.2 Å². The first-order valence-electron chi connectivity index (χ1n) is 7.10. The molecule has 2 N–H and O–H groups in total. The van der Waals surface area contributed by atoms with E-state index in [0.717, 1.165) is 28.7 Å². The summed E-state index contributed by atoms with van der Waals surface area (Å²) in [7, 11) is -3.47. The van der Waals surface area contributed by atoms with E-state index in [9.17, 15) is 13.7 Å². The van der Waals surface area contributed by atoms with Gasteiger partial charge in [-0.3, -0.25) is 0 Å². The molecule has 0 spiro atoms. The summed E-state index contributed by atoms with van der Waals surface area (Å²) < 4.78 is 24.2. The Morgan fingerprint density at radius 2 is 1.50 bits per heavy atom. The van der Waals surface area contributed by atoms with Crippen molar-refractivity contribution in [3.05, 3.63) is 60.2 Å². The Morgan fingerprint density at radius 3 is 2.04 bits per heavy atom. The summed E-state index contributed by atoms with van der Waals surface area (Å²) >= 11 is 0.935. The van der Waals surface area contributed by atoms with Crippen molar-refractivity contribution in [1.29, 1.82) is 5.26 Å². The van der Waals surface area contributed by atoms with Crippen LogP contribution in [0.5, 0.6) is 0 Å². The summed E-state index contributed by atoms with van der Waals surface area (Å²) in [6, 6.07) is 19.3. The molecule has 0 aliphatic rings. The van der Waals surface area contributed by atoms with Crippen LogP contribution >= 0.6 is 11.3 Å². The maximum atomic E-state index is 12.0. The number of sulfone groups is 1. The topological polar surface area (TPSA) is 83.9 Å². The third kappa shape index (κ3) is 2.92. The van der Waals surface area contributed by atoms with E-state index in [1.165, 1.54) is 0 Å². The molecule has 1 heterocycles. The minimum absolute atomic E-state index is 0.129. The van der Waals surface area contributed by atoms with Gasteiger partial charge in [-0.2, -0.15) is 5.26 Å². The summed E-state index contributed by atoms with van der Waals surface area (Å²) in [6.07, 6.45) is 1.13. The lowest BCUT2D eigenvalue weighted by molar-refractivity contribution is 0.604. The van der Waals surface area contributed by atoms with Crippen LogP contribution in [0.1, 0.15) is 5.56 Å². The van der Waals surface area contributed by atoms with E-state index >= 15 is 0 Å². The van der Waals surface area contributed by atoms with E-state index < -0.39 is 9.84 Å². The van der Waals surface area contributed by atoms with Crippen molar-refractivity contribution in [2.24, 2.45) is 0 Å². The van der Waals surface area contributed by atoms with Crippen molar-refractivity contribution in [3.63, 3.8) is 0 Å². The number of thiophene rings is 1. The molecule has 24 heavy (non-hydrogen) atoms. The number of nitriles is 1. The van der Waals surface area contributed by atoms with Gasteiger partial charge in [0.15, 0.2) is 9.84 Å². The van der Waals surface area contributed by atoms with Crippen LogP contribution in [-0.2, 0) is 9.84 Å². The standard InChI is InChI=1S/C18H14N2O2S2/c1-24(21,22)18-16(15(11-19)17(20)23-18)14-9-7-13(8-10-14)12-5-3-2-4-6-12/h2-10H,20H2,1H3. The number of nitrogens with zero attached hydrogens (tertiary/aromatic N) is 1. The molecule has 0 aliphatic heterocycles. The zero-order valence-corrected chi connectivity index (χ0v) is 14.5. The van der Waals surface area contributed by atoms with Gasteiger partial charge in [0.1, 0.15) is 15.3 Å². The Hall–Kier alpha value is -2.62. The smallest absolute Gasteiger partial charge is 0.185 e. The molecule has 0 bridgehead atoms. The molecule has 1 aromatic heterocycles. The van der Waals surface area contributed by atoms with Gasteiger partial charge >= 0.3 is 0 Å². The number of benzene rings is 2. The number of hydrogen-bond donors (Lipinski definition) is 1. The predicted octanol–water partition coefficient (Wildman–Crippen LogP) is 3.94. The van der Waals surface area contributed by atoms with Crippen LogP contribution in [0.4, 0.5) is 5.00 Å². The zero-order valence-electron chi connectivity index (χ0n) is 12.9. The number of nitrogen functional groups attached to an aromatic ring is 1. The van der Waals surface area contributed by atoms with Crippen molar-refractivity contribution < 1.29 is 8.42 Å². The fourth-order valence-corrected chi connectivity index (χ4v) is 4.76. The van der Waals surface area contributed by atoms with Gasteiger partial charge in [-0.15, -0.1) is 11.3 Å². The molecule has 0 aliphatic carbocycles. The highest BCUT2D eigenvalue weighted by molar-refractivity contribution is 7.93. The van der Waals surface area contributed by atoms with Crippen molar-refractivity contribution in [1.82, 2.24) is 0 Å². The fourth-order valence-electron chi connectivity index (χ4n) is 2.52. The Bertz CT molecular complexity index is 1030. The SMILES string of the molecule is CS(=O)(=O)c1sc(N)c(C#N)c1-c1ccc(-c2ccccc2)cc1. The highest BCUT2D eigenvalue weighted by Gasteiger charge is 2.24. The molecule has 0 radical (unpaired) electrons. The Balaban J connectivity index is 2.15. The molecular formula is C18H14N2O2S2. The fraction of sp³-hybridized carbons (Fsp3) is 0.0556. The van der Waals surface area contributed by atoms with Gasteiger partial charge in [-0.1, -0.05) is 54.6 Å². The van der Waals surface area contributed by atoms with E-state index in [2.05, 4.69) is 0 Å². The van der Waals surface area contributed by atoms with Gasteiger partial charge in [-0.25, -0.2) is 8.42 Å². The second kappa shape index (κ2) is 6.11. The lowest BCUT2D eigenvalue weighted by atomic mass is 10.00. The first kappa shape index (κ1) is 16.2. The minimum Gasteiger partial charge on any atom is -0.389 e. The highest BCUT2D eigenvalue weighted by atomic mass is 32.2. The maximum absolute atomic E-state index is 12.0. The normalized spacial score (nSPS) is 11.2. The zero-order chi connectivity index (χ0) is 17.3. The second-order valence-electron chi connectivity index (χ2n) is 5.33. The predicted molar refractivity (Wildman–Crippen MR) is 97.4 cm³/mol. The summed E-state index contributed by atoms with van der Waals surface area (Å²) in [5, 5.41) is 9.58.